The van der Waals surface area contributed by atoms with Gasteiger partial charge in [0.25, 0.3) is 11.5 Å². The lowest BCUT2D eigenvalue weighted by Crippen LogP contribution is -2.51. The van der Waals surface area contributed by atoms with Gasteiger partial charge in [0.1, 0.15) is 5.75 Å². The van der Waals surface area contributed by atoms with Crippen LogP contribution in [-0.2, 0) is 0 Å². The largest absolute Gasteiger partial charge is 0.496 e. The third-order valence-corrected chi connectivity index (χ3v) is 5.55. The monoisotopic (exact) mass is 391 g/mol. The van der Waals surface area contributed by atoms with Crippen LogP contribution in [0, 0.1) is 0 Å². The molecule has 1 aliphatic carbocycles. The van der Waals surface area contributed by atoms with Crippen LogP contribution >= 0.6 is 0 Å². The fourth-order valence-electron chi connectivity index (χ4n) is 3.63. The summed E-state index contributed by atoms with van der Waals surface area (Å²) in [6.45, 7) is 1.11. The normalized spacial score (nSPS) is 16.5. The molecule has 8 heteroatoms. The summed E-state index contributed by atoms with van der Waals surface area (Å²) < 4.78 is 8.64. The summed E-state index contributed by atoms with van der Waals surface area (Å²) in [4.78, 5) is 27.3. The van der Waals surface area contributed by atoms with E-state index < -0.39 is 0 Å². The van der Waals surface area contributed by atoms with E-state index in [1.165, 1.54) is 30.6 Å². The minimum atomic E-state index is -0.249. The average molecular weight is 391 g/mol. The zero-order chi connectivity index (χ0) is 20.0. The van der Waals surface area contributed by atoms with Gasteiger partial charge in [-0.25, -0.2) is 4.68 Å². The van der Waals surface area contributed by atoms with Crippen molar-refractivity contribution >= 4 is 5.91 Å². The number of rotatable bonds is 5. The first-order valence-electron chi connectivity index (χ1n) is 9.71. The fraction of sp³-hybridized carbons (Fsp3) is 0.333. The van der Waals surface area contributed by atoms with Crippen LogP contribution in [-0.4, -0.2) is 50.6 Å². The summed E-state index contributed by atoms with van der Waals surface area (Å²) in [5, 5.41) is 8.47. The Morgan fingerprint density at radius 1 is 1.14 bits per heavy atom. The number of benzene rings is 1. The second-order valence-electron chi connectivity index (χ2n) is 7.56. The minimum Gasteiger partial charge on any atom is -0.496 e. The number of likely N-dealkylation sites (tertiary alicyclic amines) is 1. The molecule has 3 heterocycles. The van der Waals surface area contributed by atoms with Crippen molar-refractivity contribution < 1.29 is 9.53 Å². The Kier molecular flexibility index (Phi) is 4.19. The second kappa shape index (κ2) is 6.88. The molecule has 1 aromatic carbocycles. The maximum absolute atomic E-state index is 13.1. The predicted molar refractivity (Wildman–Crippen MR) is 106 cm³/mol. The number of carbonyl (C=O) groups excluding carboxylic acids is 1. The van der Waals surface area contributed by atoms with Crippen molar-refractivity contribution in [2.24, 2.45) is 0 Å². The maximum atomic E-state index is 13.1. The predicted octanol–water partition coefficient (Wildman–Crippen LogP) is 2.01. The number of hydrogen-bond donors (Lipinski definition) is 0. The molecule has 148 valence electrons. The number of para-hydroxylation sites is 1. The molecule has 0 N–H and O–H groups in total. The summed E-state index contributed by atoms with van der Waals surface area (Å²) in [7, 11) is 1.46. The van der Waals surface area contributed by atoms with Crippen LogP contribution in [0.1, 0.15) is 40.9 Å². The van der Waals surface area contributed by atoms with E-state index in [0.29, 0.717) is 30.3 Å². The smallest absolute Gasteiger partial charge is 0.259 e. The SMILES string of the molecule is COc1cc(=O)n(-c2ccccc2)cc1C(=O)N1CC(n2cc(C3CC3)nn2)C1. The van der Waals surface area contributed by atoms with E-state index in [-0.39, 0.29) is 23.3 Å². The molecule has 2 aliphatic rings. The highest BCUT2D eigenvalue weighted by molar-refractivity contribution is 5.97. The highest BCUT2D eigenvalue weighted by atomic mass is 16.5. The molecule has 0 bridgehead atoms. The summed E-state index contributed by atoms with van der Waals surface area (Å²) in [6.07, 6.45) is 5.93. The molecule has 8 nitrogen and oxygen atoms in total. The summed E-state index contributed by atoms with van der Waals surface area (Å²) in [5.41, 5.74) is 1.87. The van der Waals surface area contributed by atoms with Gasteiger partial charge in [-0.15, -0.1) is 5.10 Å². The van der Waals surface area contributed by atoms with Crippen molar-refractivity contribution in [3.8, 4) is 11.4 Å². The van der Waals surface area contributed by atoms with Crippen molar-refractivity contribution in [1.82, 2.24) is 24.5 Å². The van der Waals surface area contributed by atoms with Crippen molar-refractivity contribution in [2.75, 3.05) is 20.2 Å². The molecule has 5 rings (SSSR count). The van der Waals surface area contributed by atoms with Gasteiger partial charge in [0.2, 0.25) is 0 Å². The number of hydrogen-bond acceptors (Lipinski definition) is 5. The molecule has 2 fully saturated rings. The van der Waals surface area contributed by atoms with Gasteiger partial charge >= 0.3 is 0 Å². The molecule has 1 saturated carbocycles. The first-order chi connectivity index (χ1) is 14.1. The van der Waals surface area contributed by atoms with E-state index in [1.54, 1.807) is 11.1 Å². The molecular formula is C21H21N5O3. The van der Waals surface area contributed by atoms with Gasteiger partial charge in [0.15, 0.2) is 0 Å². The van der Waals surface area contributed by atoms with Crippen LogP contribution in [0.25, 0.3) is 5.69 Å². The molecule has 2 aromatic heterocycles. The van der Waals surface area contributed by atoms with Gasteiger partial charge in [0, 0.05) is 43.2 Å². The van der Waals surface area contributed by atoms with Crippen molar-refractivity contribution in [2.45, 2.75) is 24.8 Å². The molecule has 1 saturated heterocycles. The molecule has 1 amide bonds. The van der Waals surface area contributed by atoms with Gasteiger partial charge in [0.05, 0.1) is 24.4 Å². The Balaban J connectivity index is 1.37. The number of carbonyl (C=O) groups is 1. The Morgan fingerprint density at radius 2 is 1.90 bits per heavy atom. The van der Waals surface area contributed by atoms with Crippen molar-refractivity contribution in [1.29, 1.82) is 0 Å². The highest BCUT2D eigenvalue weighted by Crippen LogP contribution is 2.39. The quantitative estimate of drug-likeness (QED) is 0.665. The van der Waals surface area contributed by atoms with Crippen LogP contribution in [0.2, 0.25) is 0 Å². The standard InChI is InChI=1S/C21H21N5O3/c1-29-19-9-20(27)25(15-5-3-2-4-6-15)12-17(19)21(28)24-10-16(11-24)26-13-18(22-23-26)14-7-8-14/h2-6,9,12-14,16H,7-8,10-11H2,1H3. The summed E-state index contributed by atoms with van der Waals surface area (Å²) >= 11 is 0. The van der Waals surface area contributed by atoms with Crippen LogP contribution in [0.5, 0.6) is 5.75 Å². The second-order valence-corrected chi connectivity index (χ2v) is 7.56. The third kappa shape index (κ3) is 3.20. The fourth-order valence-corrected chi connectivity index (χ4v) is 3.63. The lowest BCUT2D eigenvalue weighted by atomic mass is 10.1. The summed E-state index contributed by atoms with van der Waals surface area (Å²) in [6, 6.07) is 10.7. The zero-order valence-electron chi connectivity index (χ0n) is 16.1. The number of aromatic nitrogens is 4. The Labute approximate surface area is 167 Å². The van der Waals surface area contributed by atoms with Gasteiger partial charge in [-0.05, 0) is 25.0 Å². The minimum absolute atomic E-state index is 0.130. The molecule has 0 unspecified atom stereocenters. The van der Waals surface area contributed by atoms with E-state index in [9.17, 15) is 9.59 Å². The lowest BCUT2D eigenvalue weighted by molar-refractivity contribution is 0.0494. The zero-order valence-corrected chi connectivity index (χ0v) is 16.1. The summed E-state index contributed by atoms with van der Waals surface area (Å²) in [5.74, 6) is 0.683. The van der Waals surface area contributed by atoms with E-state index in [4.69, 9.17) is 4.74 Å². The van der Waals surface area contributed by atoms with Crippen LogP contribution in [0.3, 0.4) is 0 Å². The molecular weight excluding hydrogens is 370 g/mol. The van der Waals surface area contributed by atoms with Gasteiger partial charge in [-0.1, -0.05) is 23.4 Å². The number of ether oxygens (including phenoxy) is 1. The van der Waals surface area contributed by atoms with Crippen molar-refractivity contribution in [3.05, 3.63) is 70.4 Å². The molecule has 0 spiro atoms. The van der Waals surface area contributed by atoms with E-state index in [0.717, 1.165) is 5.69 Å². The molecule has 3 aromatic rings. The molecule has 29 heavy (non-hydrogen) atoms. The lowest BCUT2D eigenvalue weighted by Gasteiger charge is -2.39. The Bertz CT molecular complexity index is 1110. The molecule has 0 atom stereocenters. The third-order valence-electron chi connectivity index (χ3n) is 5.55. The van der Waals surface area contributed by atoms with Crippen molar-refractivity contribution in [3.63, 3.8) is 0 Å². The van der Waals surface area contributed by atoms with Gasteiger partial charge < -0.3 is 9.64 Å². The maximum Gasteiger partial charge on any atom is 0.259 e. The van der Waals surface area contributed by atoms with Gasteiger partial charge in [-0.3, -0.25) is 14.2 Å². The van der Waals surface area contributed by atoms with Gasteiger partial charge in [-0.2, -0.15) is 0 Å². The van der Waals surface area contributed by atoms with Crippen LogP contribution < -0.4 is 10.3 Å². The number of nitrogens with zero attached hydrogens (tertiary/aromatic N) is 5. The Hall–Kier alpha value is -3.42. The number of methoxy groups -OCH3 is 1. The highest BCUT2D eigenvalue weighted by Gasteiger charge is 2.36. The van der Waals surface area contributed by atoms with Crippen LogP contribution in [0.15, 0.2) is 53.6 Å². The van der Waals surface area contributed by atoms with Crippen LogP contribution in [0.4, 0.5) is 0 Å². The molecule has 1 aliphatic heterocycles. The average Bonchev–Trinajstić information content (AvgIpc) is 3.45. The van der Waals surface area contributed by atoms with E-state index in [2.05, 4.69) is 10.3 Å². The number of pyridine rings is 1. The topological polar surface area (TPSA) is 82.2 Å². The van der Waals surface area contributed by atoms with E-state index >= 15 is 0 Å². The number of amides is 1. The first kappa shape index (κ1) is 17.7. The first-order valence-corrected chi connectivity index (χ1v) is 9.71. The Morgan fingerprint density at radius 3 is 2.59 bits per heavy atom. The molecule has 0 radical (unpaired) electrons. The van der Waals surface area contributed by atoms with E-state index in [1.807, 2.05) is 41.2 Å².